The molecule has 0 bridgehead atoms. The molecular weight excluding hydrogens is 338 g/mol. The summed E-state index contributed by atoms with van der Waals surface area (Å²) in [6.45, 7) is 5.96. The number of amides is 1. The fourth-order valence-electron chi connectivity index (χ4n) is 2.66. The van der Waals surface area contributed by atoms with Gasteiger partial charge in [-0.15, -0.1) is 10.2 Å². The number of rotatable bonds is 8. The Morgan fingerprint density at radius 3 is 3.00 bits per heavy atom. The lowest BCUT2D eigenvalue weighted by atomic mass is 10.1. The molecule has 6 nitrogen and oxygen atoms in total. The fourth-order valence-corrected chi connectivity index (χ4v) is 3.35. The van der Waals surface area contributed by atoms with Crippen LogP contribution in [0.4, 0.5) is 0 Å². The molecule has 3 rings (SSSR count). The average molecular weight is 361 g/mol. The van der Waals surface area contributed by atoms with Crippen LogP contribution in [0.2, 0.25) is 0 Å². The lowest BCUT2D eigenvalue weighted by Crippen LogP contribution is -2.23. The van der Waals surface area contributed by atoms with Gasteiger partial charge in [0.15, 0.2) is 0 Å². The van der Waals surface area contributed by atoms with Gasteiger partial charge >= 0.3 is 0 Å². The molecule has 134 valence electrons. The van der Waals surface area contributed by atoms with Crippen molar-refractivity contribution in [1.82, 2.24) is 15.1 Å². The van der Waals surface area contributed by atoms with Gasteiger partial charge in [0.2, 0.25) is 11.8 Å². The van der Waals surface area contributed by atoms with E-state index in [1.165, 1.54) is 17.3 Å². The maximum atomic E-state index is 11.6. The second-order valence-corrected chi connectivity index (χ2v) is 7.25. The number of thioether (sulfide) groups is 1. The lowest BCUT2D eigenvalue weighted by Gasteiger charge is -2.11. The van der Waals surface area contributed by atoms with Crippen LogP contribution in [-0.2, 0) is 11.3 Å². The first-order valence-electron chi connectivity index (χ1n) is 8.55. The zero-order chi connectivity index (χ0) is 17.6. The molecule has 2 heterocycles. The minimum absolute atomic E-state index is 0.163. The van der Waals surface area contributed by atoms with E-state index in [1.807, 2.05) is 0 Å². The third-order valence-corrected chi connectivity index (χ3v) is 4.97. The molecule has 1 amide bonds. The predicted molar refractivity (Wildman–Crippen MR) is 95.7 cm³/mol. The highest BCUT2D eigenvalue weighted by molar-refractivity contribution is 7.99. The van der Waals surface area contributed by atoms with Gasteiger partial charge in [-0.3, -0.25) is 4.79 Å². The van der Waals surface area contributed by atoms with Crippen LogP contribution in [0.3, 0.4) is 0 Å². The van der Waals surface area contributed by atoms with Gasteiger partial charge in [-0.1, -0.05) is 23.9 Å². The molecule has 0 aliphatic carbocycles. The first kappa shape index (κ1) is 17.8. The maximum Gasteiger partial charge on any atom is 0.276 e. The number of carbonyl (C=O) groups is 1. The molecule has 7 heteroatoms. The van der Waals surface area contributed by atoms with E-state index in [0.717, 1.165) is 36.5 Å². The third kappa shape index (κ3) is 4.98. The Labute approximate surface area is 151 Å². The first-order chi connectivity index (χ1) is 12.1. The Kier molecular flexibility index (Phi) is 5.96. The SMILES string of the molecule is Cc1ccc(C)c(OCCCSc2nnc(CN3CCCC3=O)o2)c1. The molecular formula is C18H23N3O3S. The van der Waals surface area contributed by atoms with Crippen molar-refractivity contribution < 1.29 is 13.9 Å². The van der Waals surface area contributed by atoms with E-state index in [0.29, 0.717) is 30.7 Å². The molecule has 25 heavy (non-hydrogen) atoms. The van der Waals surface area contributed by atoms with Gasteiger partial charge in [-0.05, 0) is 43.9 Å². The summed E-state index contributed by atoms with van der Waals surface area (Å²) in [7, 11) is 0. The van der Waals surface area contributed by atoms with Crippen LogP contribution in [0, 0.1) is 13.8 Å². The van der Waals surface area contributed by atoms with Gasteiger partial charge in [0, 0.05) is 18.7 Å². The van der Waals surface area contributed by atoms with Gasteiger partial charge in [-0.25, -0.2) is 0 Å². The lowest BCUT2D eigenvalue weighted by molar-refractivity contribution is -0.128. The van der Waals surface area contributed by atoms with Gasteiger partial charge in [0.1, 0.15) is 5.75 Å². The first-order valence-corrected chi connectivity index (χ1v) is 9.53. The minimum Gasteiger partial charge on any atom is -0.493 e. The number of carbonyl (C=O) groups excluding carboxylic acids is 1. The number of ether oxygens (including phenoxy) is 1. The molecule has 1 fully saturated rings. The smallest absolute Gasteiger partial charge is 0.276 e. The Bertz CT molecular complexity index is 732. The molecule has 1 aromatic carbocycles. The van der Waals surface area contributed by atoms with E-state index in [-0.39, 0.29) is 5.91 Å². The van der Waals surface area contributed by atoms with Gasteiger partial charge in [0.05, 0.1) is 13.2 Å². The fraction of sp³-hybridized carbons (Fsp3) is 0.500. The van der Waals surface area contributed by atoms with Crippen molar-refractivity contribution in [3.8, 4) is 5.75 Å². The van der Waals surface area contributed by atoms with Gasteiger partial charge in [0.25, 0.3) is 5.22 Å². The molecule has 1 aliphatic rings. The molecule has 0 atom stereocenters. The van der Waals surface area contributed by atoms with E-state index in [9.17, 15) is 4.79 Å². The van der Waals surface area contributed by atoms with E-state index in [2.05, 4.69) is 42.2 Å². The molecule has 2 aromatic rings. The zero-order valence-corrected chi connectivity index (χ0v) is 15.5. The monoisotopic (exact) mass is 361 g/mol. The molecule has 0 spiro atoms. The van der Waals surface area contributed by atoms with Crippen molar-refractivity contribution in [2.45, 2.75) is 44.9 Å². The van der Waals surface area contributed by atoms with Crippen molar-refractivity contribution in [2.24, 2.45) is 0 Å². The van der Waals surface area contributed by atoms with Crippen LogP contribution in [0.5, 0.6) is 5.75 Å². The van der Waals surface area contributed by atoms with E-state index < -0.39 is 0 Å². The van der Waals surface area contributed by atoms with Crippen LogP contribution in [0.1, 0.15) is 36.3 Å². The standard InChI is InChI=1S/C18H23N3O3S/c1-13-6-7-14(2)15(11-13)23-9-4-10-25-18-20-19-16(24-18)12-21-8-3-5-17(21)22/h6-7,11H,3-5,8-10,12H2,1-2H3. The van der Waals surface area contributed by atoms with Crippen molar-refractivity contribution in [3.05, 3.63) is 35.2 Å². The van der Waals surface area contributed by atoms with Crippen LogP contribution in [0.15, 0.2) is 27.8 Å². The summed E-state index contributed by atoms with van der Waals surface area (Å²) in [5.74, 6) is 2.45. The van der Waals surface area contributed by atoms with Crippen molar-refractivity contribution in [2.75, 3.05) is 18.9 Å². The number of hydrogen-bond donors (Lipinski definition) is 0. The normalized spacial score (nSPS) is 14.3. The molecule has 1 aliphatic heterocycles. The third-order valence-electron chi connectivity index (χ3n) is 4.06. The van der Waals surface area contributed by atoms with Crippen LogP contribution in [-0.4, -0.2) is 39.9 Å². The number of benzene rings is 1. The van der Waals surface area contributed by atoms with E-state index in [1.54, 1.807) is 4.90 Å². The highest BCUT2D eigenvalue weighted by Crippen LogP contribution is 2.21. The predicted octanol–water partition coefficient (Wildman–Crippen LogP) is 3.37. The summed E-state index contributed by atoms with van der Waals surface area (Å²) in [6, 6.07) is 6.22. The topological polar surface area (TPSA) is 68.5 Å². The summed E-state index contributed by atoms with van der Waals surface area (Å²) in [4.78, 5) is 13.4. The Morgan fingerprint density at radius 1 is 1.32 bits per heavy atom. The molecule has 0 unspecified atom stereocenters. The number of hydrogen-bond acceptors (Lipinski definition) is 6. The number of aromatic nitrogens is 2. The van der Waals surface area contributed by atoms with Crippen molar-refractivity contribution in [3.63, 3.8) is 0 Å². The largest absolute Gasteiger partial charge is 0.493 e. The minimum atomic E-state index is 0.163. The average Bonchev–Trinajstić information content (AvgIpc) is 3.20. The van der Waals surface area contributed by atoms with E-state index in [4.69, 9.17) is 9.15 Å². The zero-order valence-electron chi connectivity index (χ0n) is 14.7. The second kappa shape index (κ2) is 8.38. The number of aryl methyl sites for hydroxylation is 2. The molecule has 0 N–H and O–H groups in total. The molecule has 0 saturated carbocycles. The van der Waals surface area contributed by atoms with Crippen LogP contribution >= 0.6 is 11.8 Å². The number of nitrogens with zero attached hydrogens (tertiary/aromatic N) is 3. The van der Waals surface area contributed by atoms with Crippen molar-refractivity contribution in [1.29, 1.82) is 0 Å². The second-order valence-electron chi connectivity index (χ2n) is 6.20. The Morgan fingerprint density at radius 2 is 2.20 bits per heavy atom. The van der Waals surface area contributed by atoms with Crippen LogP contribution < -0.4 is 4.74 Å². The Hall–Kier alpha value is -2.02. The maximum absolute atomic E-state index is 11.6. The quantitative estimate of drug-likeness (QED) is 0.530. The summed E-state index contributed by atoms with van der Waals surface area (Å²) in [5, 5.41) is 8.60. The highest BCUT2D eigenvalue weighted by atomic mass is 32.2. The van der Waals surface area contributed by atoms with Crippen LogP contribution in [0.25, 0.3) is 0 Å². The summed E-state index contributed by atoms with van der Waals surface area (Å²) < 4.78 is 11.4. The molecule has 1 saturated heterocycles. The van der Waals surface area contributed by atoms with E-state index >= 15 is 0 Å². The van der Waals surface area contributed by atoms with Gasteiger partial charge < -0.3 is 14.1 Å². The van der Waals surface area contributed by atoms with Crippen molar-refractivity contribution >= 4 is 17.7 Å². The highest BCUT2D eigenvalue weighted by Gasteiger charge is 2.22. The summed E-state index contributed by atoms with van der Waals surface area (Å²) in [6.07, 6.45) is 2.42. The summed E-state index contributed by atoms with van der Waals surface area (Å²) >= 11 is 1.52. The number of likely N-dealkylation sites (tertiary alicyclic amines) is 1. The molecule has 0 radical (unpaired) electrons. The molecule has 1 aromatic heterocycles. The Balaban J connectivity index is 1.38. The van der Waals surface area contributed by atoms with Gasteiger partial charge in [-0.2, -0.15) is 0 Å². The summed E-state index contributed by atoms with van der Waals surface area (Å²) in [5.41, 5.74) is 2.35.